The summed E-state index contributed by atoms with van der Waals surface area (Å²) in [4.78, 5) is 23.6. The van der Waals surface area contributed by atoms with Gasteiger partial charge in [0.2, 0.25) is 11.9 Å². The smallest absolute Gasteiger partial charge is 0.248 e. The van der Waals surface area contributed by atoms with Crippen LogP contribution in [0.15, 0.2) is 18.2 Å². The molecule has 0 radical (unpaired) electrons. The first-order valence-electron chi connectivity index (χ1n) is 8.62. The number of aromatic nitrogens is 2. The Kier molecular flexibility index (Phi) is 3.52. The number of hydrogen-bond acceptors (Lipinski definition) is 4. The zero-order valence-electron chi connectivity index (χ0n) is 14.2. The lowest BCUT2D eigenvalue weighted by Gasteiger charge is -2.39. The first-order valence-corrected chi connectivity index (χ1v) is 8.62. The Bertz CT molecular complexity index is 830. The van der Waals surface area contributed by atoms with Crippen LogP contribution in [0, 0.1) is 6.92 Å². The van der Waals surface area contributed by atoms with Gasteiger partial charge >= 0.3 is 0 Å². The molecule has 1 aromatic carbocycles. The monoisotopic (exact) mass is 322 g/mol. The summed E-state index contributed by atoms with van der Waals surface area (Å²) in [5.41, 5.74) is 11.3. The molecular weight excluding hydrogens is 300 g/mol. The topological polar surface area (TPSA) is 72.1 Å². The average Bonchev–Trinajstić information content (AvgIpc) is 3.01. The van der Waals surface area contributed by atoms with E-state index in [9.17, 15) is 4.79 Å². The number of rotatable bonds is 3. The van der Waals surface area contributed by atoms with Gasteiger partial charge in [-0.05, 0) is 51.2 Å². The molecule has 0 unspecified atom stereocenters. The van der Waals surface area contributed by atoms with Crippen LogP contribution in [0.5, 0.6) is 0 Å². The lowest BCUT2D eigenvalue weighted by Crippen LogP contribution is -2.46. The summed E-state index contributed by atoms with van der Waals surface area (Å²) >= 11 is 0. The Morgan fingerprint density at radius 2 is 2.12 bits per heavy atom. The predicted molar refractivity (Wildman–Crippen MR) is 94.2 cm³/mol. The van der Waals surface area contributed by atoms with Crippen LogP contribution in [0.4, 0.5) is 5.95 Å². The normalized spacial score (nSPS) is 19.1. The van der Waals surface area contributed by atoms with Crippen LogP contribution in [0.3, 0.4) is 0 Å². The lowest BCUT2D eigenvalue weighted by molar-refractivity contribution is 0.1000. The van der Waals surface area contributed by atoms with Crippen molar-refractivity contribution in [1.29, 1.82) is 0 Å². The van der Waals surface area contributed by atoms with Gasteiger partial charge in [-0.25, -0.2) is 9.97 Å². The molecule has 1 aliphatic carbocycles. The average molecular weight is 322 g/mol. The van der Waals surface area contributed by atoms with Crippen molar-refractivity contribution in [2.75, 3.05) is 11.4 Å². The summed E-state index contributed by atoms with van der Waals surface area (Å²) in [5.74, 6) is 0.433. The van der Waals surface area contributed by atoms with Crippen molar-refractivity contribution in [3.8, 4) is 11.3 Å². The molecule has 1 aromatic heterocycles. The van der Waals surface area contributed by atoms with Crippen molar-refractivity contribution >= 4 is 11.9 Å². The molecule has 2 heterocycles. The first kappa shape index (κ1) is 15.1. The highest BCUT2D eigenvalue weighted by molar-refractivity contribution is 5.95. The van der Waals surface area contributed by atoms with E-state index >= 15 is 0 Å². The third-order valence-corrected chi connectivity index (χ3v) is 5.27. The molecule has 5 nitrogen and oxygen atoms in total. The summed E-state index contributed by atoms with van der Waals surface area (Å²) < 4.78 is 0. The molecule has 0 bridgehead atoms. The van der Waals surface area contributed by atoms with Crippen LogP contribution in [0.2, 0.25) is 0 Å². The molecular formula is C19H22N4O. The van der Waals surface area contributed by atoms with Crippen molar-refractivity contribution in [1.82, 2.24) is 9.97 Å². The summed E-state index contributed by atoms with van der Waals surface area (Å²) in [5, 5.41) is 0. The zero-order chi connectivity index (χ0) is 16.8. The summed E-state index contributed by atoms with van der Waals surface area (Å²) in [6.07, 6.45) is 4.31. The van der Waals surface area contributed by atoms with Gasteiger partial charge in [-0.15, -0.1) is 0 Å². The van der Waals surface area contributed by atoms with Crippen LogP contribution in [0.25, 0.3) is 11.3 Å². The SMILES string of the molecule is Cc1ccc(-c2nc(N3CC[C@@H]3C)nc3c2CCC3)cc1C(N)=O. The van der Waals surface area contributed by atoms with Gasteiger partial charge in [0, 0.05) is 35.0 Å². The molecule has 2 aromatic rings. The highest BCUT2D eigenvalue weighted by Crippen LogP contribution is 2.34. The van der Waals surface area contributed by atoms with Crippen molar-refractivity contribution in [2.24, 2.45) is 5.73 Å². The van der Waals surface area contributed by atoms with Crippen LogP contribution in [0.1, 0.15) is 46.9 Å². The summed E-state index contributed by atoms with van der Waals surface area (Å²) in [7, 11) is 0. The van der Waals surface area contributed by atoms with Crippen molar-refractivity contribution in [3.63, 3.8) is 0 Å². The fourth-order valence-corrected chi connectivity index (χ4v) is 3.63. The second kappa shape index (κ2) is 5.58. The quantitative estimate of drug-likeness (QED) is 0.943. The molecule has 2 N–H and O–H groups in total. The van der Waals surface area contributed by atoms with Crippen LogP contribution in [-0.2, 0) is 12.8 Å². The standard InChI is InChI=1S/C19H22N4O/c1-11-6-7-13(10-15(11)18(20)24)17-14-4-3-5-16(14)21-19(22-17)23-9-8-12(23)2/h6-7,10,12H,3-5,8-9H2,1-2H3,(H2,20,24)/t12-/m0/s1. The fraction of sp³-hybridized carbons (Fsp3) is 0.421. The van der Waals surface area contributed by atoms with E-state index in [4.69, 9.17) is 15.7 Å². The van der Waals surface area contributed by atoms with Gasteiger partial charge in [-0.1, -0.05) is 12.1 Å². The highest BCUT2D eigenvalue weighted by atomic mass is 16.1. The summed E-state index contributed by atoms with van der Waals surface area (Å²) in [6, 6.07) is 6.36. The number of nitrogens with zero attached hydrogens (tertiary/aromatic N) is 3. The minimum Gasteiger partial charge on any atom is -0.366 e. The molecule has 4 rings (SSSR count). The van der Waals surface area contributed by atoms with E-state index in [-0.39, 0.29) is 0 Å². The number of anilines is 1. The van der Waals surface area contributed by atoms with Gasteiger partial charge in [-0.2, -0.15) is 0 Å². The van der Waals surface area contributed by atoms with Crippen molar-refractivity contribution < 1.29 is 4.79 Å². The predicted octanol–water partition coefficient (Wildman–Crippen LogP) is 2.64. The molecule has 1 amide bonds. The Balaban J connectivity index is 1.85. The van der Waals surface area contributed by atoms with E-state index in [1.807, 2.05) is 25.1 Å². The highest BCUT2D eigenvalue weighted by Gasteiger charge is 2.29. The zero-order valence-corrected chi connectivity index (χ0v) is 14.2. The molecule has 1 atom stereocenters. The summed E-state index contributed by atoms with van der Waals surface area (Å²) in [6.45, 7) is 5.12. The maximum Gasteiger partial charge on any atom is 0.248 e. The third-order valence-electron chi connectivity index (χ3n) is 5.27. The lowest BCUT2D eigenvalue weighted by atomic mass is 9.99. The third kappa shape index (κ3) is 2.35. The Morgan fingerprint density at radius 3 is 2.79 bits per heavy atom. The molecule has 0 saturated carbocycles. The van der Waals surface area contributed by atoms with E-state index in [1.165, 1.54) is 12.0 Å². The van der Waals surface area contributed by atoms with E-state index in [1.54, 1.807) is 0 Å². The minimum atomic E-state index is -0.392. The number of carbonyl (C=O) groups excluding carboxylic acids is 1. The number of amides is 1. The Labute approximate surface area is 141 Å². The van der Waals surface area contributed by atoms with E-state index < -0.39 is 5.91 Å². The maximum atomic E-state index is 11.7. The molecule has 1 fully saturated rings. The van der Waals surface area contributed by atoms with E-state index in [0.29, 0.717) is 11.6 Å². The molecule has 1 saturated heterocycles. The second-order valence-electron chi connectivity index (χ2n) is 6.88. The molecule has 124 valence electrons. The van der Waals surface area contributed by atoms with Gasteiger partial charge in [0.15, 0.2) is 0 Å². The van der Waals surface area contributed by atoms with Crippen LogP contribution >= 0.6 is 0 Å². The minimum absolute atomic E-state index is 0.392. The van der Waals surface area contributed by atoms with Gasteiger partial charge in [0.25, 0.3) is 0 Å². The Morgan fingerprint density at radius 1 is 1.29 bits per heavy atom. The number of nitrogens with two attached hydrogens (primary N) is 1. The van der Waals surface area contributed by atoms with Crippen LogP contribution < -0.4 is 10.6 Å². The molecule has 5 heteroatoms. The van der Waals surface area contributed by atoms with E-state index in [0.717, 1.165) is 54.3 Å². The largest absolute Gasteiger partial charge is 0.366 e. The fourth-order valence-electron chi connectivity index (χ4n) is 3.63. The van der Waals surface area contributed by atoms with Crippen molar-refractivity contribution in [2.45, 2.75) is 45.6 Å². The number of fused-ring (bicyclic) bond motifs is 1. The van der Waals surface area contributed by atoms with Gasteiger partial charge in [0.1, 0.15) is 0 Å². The van der Waals surface area contributed by atoms with Gasteiger partial charge in [-0.3, -0.25) is 4.79 Å². The molecule has 1 aliphatic heterocycles. The Hall–Kier alpha value is -2.43. The number of aryl methyl sites for hydroxylation is 2. The van der Waals surface area contributed by atoms with Gasteiger partial charge in [0.05, 0.1) is 5.69 Å². The number of hydrogen-bond donors (Lipinski definition) is 1. The molecule has 2 aliphatic rings. The number of benzene rings is 1. The van der Waals surface area contributed by atoms with Crippen molar-refractivity contribution in [3.05, 3.63) is 40.6 Å². The first-order chi connectivity index (χ1) is 11.5. The molecule has 0 spiro atoms. The maximum absolute atomic E-state index is 11.7. The van der Waals surface area contributed by atoms with Crippen LogP contribution in [-0.4, -0.2) is 28.5 Å². The van der Waals surface area contributed by atoms with Gasteiger partial charge < -0.3 is 10.6 Å². The molecule has 24 heavy (non-hydrogen) atoms. The number of primary amides is 1. The van der Waals surface area contributed by atoms with E-state index in [2.05, 4.69) is 11.8 Å². The number of carbonyl (C=O) groups is 1. The second-order valence-corrected chi connectivity index (χ2v) is 6.88.